The van der Waals surface area contributed by atoms with Gasteiger partial charge in [0.2, 0.25) is 0 Å². The number of amides is 1. The second-order valence-electron chi connectivity index (χ2n) is 5.82. The molecule has 0 spiro atoms. The van der Waals surface area contributed by atoms with Crippen LogP contribution in [0.25, 0.3) is 11.3 Å². The number of carbonyl (C=O) groups is 1. The molecular formula is C19H15ClN4O4. The van der Waals surface area contributed by atoms with E-state index in [2.05, 4.69) is 10.4 Å². The van der Waals surface area contributed by atoms with Crippen LogP contribution < -0.4 is 10.9 Å². The van der Waals surface area contributed by atoms with Gasteiger partial charge in [-0.3, -0.25) is 19.7 Å². The lowest BCUT2D eigenvalue weighted by Gasteiger charge is -2.09. The Bertz CT molecular complexity index is 1080. The van der Waals surface area contributed by atoms with Crippen LogP contribution in [0.3, 0.4) is 0 Å². The van der Waals surface area contributed by atoms with Gasteiger partial charge in [0.25, 0.3) is 17.2 Å². The van der Waals surface area contributed by atoms with Gasteiger partial charge >= 0.3 is 0 Å². The van der Waals surface area contributed by atoms with Crippen molar-refractivity contribution in [1.82, 2.24) is 15.1 Å². The number of hydrogen-bond donors (Lipinski definition) is 1. The van der Waals surface area contributed by atoms with Crippen LogP contribution in [0.5, 0.6) is 0 Å². The number of nitrogens with one attached hydrogen (secondary N) is 1. The molecule has 8 nitrogen and oxygen atoms in total. The molecule has 28 heavy (non-hydrogen) atoms. The van der Waals surface area contributed by atoms with Gasteiger partial charge in [-0.1, -0.05) is 41.9 Å². The van der Waals surface area contributed by atoms with Gasteiger partial charge in [0.15, 0.2) is 0 Å². The highest BCUT2D eigenvalue weighted by Gasteiger charge is 2.14. The molecule has 0 aliphatic rings. The third-order valence-corrected chi connectivity index (χ3v) is 4.27. The van der Waals surface area contributed by atoms with Crippen molar-refractivity contribution in [2.24, 2.45) is 0 Å². The maximum Gasteiger partial charge on any atom is 0.270 e. The van der Waals surface area contributed by atoms with E-state index in [1.807, 2.05) is 30.3 Å². The standard InChI is InChI=1S/C19H15ClN4O4/c20-16-12-14(24(27)28)6-7-15(16)19(26)21-10-11-23-18(25)9-8-17(22-23)13-4-2-1-3-5-13/h1-9,12H,10-11H2,(H,21,26). The molecule has 1 amide bonds. The second-order valence-corrected chi connectivity index (χ2v) is 6.23. The molecule has 0 fully saturated rings. The molecule has 1 aromatic heterocycles. The van der Waals surface area contributed by atoms with Crippen LogP contribution in [0.15, 0.2) is 65.5 Å². The molecule has 0 atom stereocenters. The van der Waals surface area contributed by atoms with Gasteiger partial charge in [0, 0.05) is 30.3 Å². The number of nitro benzene ring substituents is 1. The van der Waals surface area contributed by atoms with Gasteiger partial charge in [0.05, 0.1) is 27.7 Å². The summed E-state index contributed by atoms with van der Waals surface area (Å²) < 4.78 is 1.26. The number of rotatable bonds is 6. The predicted molar refractivity (Wildman–Crippen MR) is 104 cm³/mol. The zero-order chi connectivity index (χ0) is 20.1. The van der Waals surface area contributed by atoms with Gasteiger partial charge in [-0.05, 0) is 12.1 Å². The first-order valence-corrected chi connectivity index (χ1v) is 8.69. The molecule has 2 aromatic carbocycles. The van der Waals surface area contributed by atoms with Gasteiger partial charge in [0.1, 0.15) is 0 Å². The highest BCUT2D eigenvalue weighted by molar-refractivity contribution is 6.34. The number of non-ortho nitro benzene ring substituents is 1. The highest BCUT2D eigenvalue weighted by atomic mass is 35.5. The van der Waals surface area contributed by atoms with Crippen molar-refractivity contribution in [2.45, 2.75) is 6.54 Å². The SMILES string of the molecule is O=C(NCCn1nc(-c2ccccc2)ccc1=O)c1ccc([N+](=O)[O-])cc1Cl. The lowest BCUT2D eigenvalue weighted by atomic mass is 10.1. The molecule has 0 bridgehead atoms. The fourth-order valence-corrected chi connectivity index (χ4v) is 2.80. The summed E-state index contributed by atoms with van der Waals surface area (Å²) in [5.74, 6) is -0.493. The Balaban J connectivity index is 1.67. The van der Waals surface area contributed by atoms with Crippen LogP contribution in [0, 0.1) is 10.1 Å². The van der Waals surface area contributed by atoms with Gasteiger partial charge in [-0.25, -0.2) is 4.68 Å². The predicted octanol–water partition coefficient (Wildman–Crippen LogP) is 2.90. The quantitative estimate of drug-likeness (QED) is 0.507. The van der Waals surface area contributed by atoms with Crippen LogP contribution in [0.1, 0.15) is 10.4 Å². The van der Waals surface area contributed by atoms with E-state index >= 15 is 0 Å². The summed E-state index contributed by atoms with van der Waals surface area (Å²) in [6.45, 7) is 0.299. The third-order valence-electron chi connectivity index (χ3n) is 3.95. The van der Waals surface area contributed by atoms with E-state index in [-0.39, 0.29) is 34.9 Å². The van der Waals surface area contributed by atoms with E-state index in [4.69, 9.17) is 11.6 Å². The summed E-state index contributed by atoms with van der Waals surface area (Å²) in [4.78, 5) is 34.4. The molecule has 0 aliphatic heterocycles. The zero-order valence-electron chi connectivity index (χ0n) is 14.5. The van der Waals surface area contributed by atoms with Crippen molar-refractivity contribution in [3.05, 3.63) is 91.7 Å². The molecule has 9 heteroatoms. The summed E-state index contributed by atoms with van der Waals surface area (Å²) >= 11 is 5.95. The van der Waals surface area contributed by atoms with Crippen molar-refractivity contribution in [1.29, 1.82) is 0 Å². The first kappa shape index (κ1) is 19.2. The van der Waals surface area contributed by atoms with E-state index < -0.39 is 10.8 Å². The molecule has 0 saturated carbocycles. The minimum absolute atomic E-state index is 0.0203. The maximum atomic E-state index is 12.2. The number of nitro groups is 1. The molecular weight excluding hydrogens is 384 g/mol. The van der Waals surface area contributed by atoms with E-state index in [9.17, 15) is 19.7 Å². The Kier molecular flexibility index (Phi) is 5.81. The number of hydrogen-bond acceptors (Lipinski definition) is 5. The van der Waals surface area contributed by atoms with E-state index in [0.29, 0.717) is 5.69 Å². The Morgan fingerprint density at radius 2 is 1.89 bits per heavy atom. The zero-order valence-corrected chi connectivity index (χ0v) is 15.3. The van der Waals surface area contributed by atoms with Crippen LogP contribution >= 0.6 is 11.6 Å². The molecule has 142 valence electrons. The number of halogens is 1. The monoisotopic (exact) mass is 398 g/mol. The van der Waals surface area contributed by atoms with E-state index in [1.165, 1.54) is 22.9 Å². The van der Waals surface area contributed by atoms with Crippen molar-refractivity contribution in [2.75, 3.05) is 6.54 Å². The third kappa shape index (κ3) is 4.41. The molecule has 0 aliphatic carbocycles. The Hall–Kier alpha value is -3.52. The van der Waals surface area contributed by atoms with Crippen LogP contribution in [-0.4, -0.2) is 27.2 Å². The molecule has 1 heterocycles. The second kappa shape index (κ2) is 8.45. The molecule has 0 unspecified atom stereocenters. The summed E-state index contributed by atoms with van der Waals surface area (Å²) in [6.07, 6.45) is 0. The molecule has 0 saturated heterocycles. The Morgan fingerprint density at radius 3 is 2.57 bits per heavy atom. The highest BCUT2D eigenvalue weighted by Crippen LogP contribution is 2.22. The first-order valence-electron chi connectivity index (χ1n) is 8.31. The van der Waals surface area contributed by atoms with Crippen LogP contribution in [0.4, 0.5) is 5.69 Å². The molecule has 1 N–H and O–H groups in total. The number of nitrogens with zero attached hydrogens (tertiary/aromatic N) is 3. The van der Waals surface area contributed by atoms with Gasteiger partial charge < -0.3 is 5.32 Å². The topological polar surface area (TPSA) is 107 Å². The van der Waals surface area contributed by atoms with Crippen molar-refractivity contribution in [3.8, 4) is 11.3 Å². The Labute approximate surface area is 164 Å². The minimum Gasteiger partial charge on any atom is -0.350 e. The van der Waals surface area contributed by atoms with Gasteiger partial charge in [-0.2, -0.15) is 5.10 Å². The van der Waals surface area contributed by atoms with Crippen LogP contribution in [-0.2, 0) is 6.54 Å². The molecule has 0 radical (unpaired) electrons. The average Bonchev–Trinajstić information content (AvgIpc) is 2.69. The fraction of sp³-hybridized carbons (Fsp3) is 0.105. The van der Waals surface area contributed by atoms with Crippen molar-refractivity contribution >= 4 is 23.2 Å². The summed E-state index contributed by atoms with van der Waals surface area (Å²) in [5, 5.41) is 17.7. The number of benzene rings is 2. The smallest absolute Gasteiger partial charge is 0.270 e. The number of carbonyl (C=O) groups excluding carboxylic acids is 1. The van der Waals surface area contributed by atoms with E-state index in [0.717, 1.165) is 11.6 Å². The molecule has 3 rings (SSSR count). The van der Waals surface area contributed by atoms with Crippen molar-refractivity contribution in [3.63, 3.8) is 0 Å². The lowest BCUT2D eigenvalue weighted by Crippen LogP contribution is -2.32. The first-order chi connectivity index (χ1) is 13.5. The normalized spacial score (nSPS) is 10.5. The number of aromatic nitrogens is 2. The summed E-state index contributed by atoms with van der Waals surface area (Å²) in [7, 11) is 0. The minimum atomic E-state index is -0.592. The molecule has 3 aromatic rings. The van der Waals surface area contributed by atoms with E-state index in [1.54, 1.807) is 6.07 Å². The Morgan fingerprint density at radius 1 is 1.14 bits per heavy atom. The van der Waals surface area contributed by atoms with Gasteiger partial charge in [-0.15, -0.1) is 0 Å². The lowest BCUT2D eigenvalue weighted by molar-refractivity contribution is -0.384. The van der Waals surface area contributed by atoms with Crippen molar-refractivity contribution < 1.29 is 9.72 Å². The average molecular weight is 399 g/mol. The summed E-state index contributed by atoms with van der Waals surface area (Å²) in [5.41, 5.74) is 1.14. The fourth-order valence-electron chi connectivity index (χ4n) is 2.54. The maximum absolute atomic E-state index is 12.2. The largest absolute Gasteiger partial charge is 0.350 e. The summed E-state index contributed by atoms with van der Waals surface area (Å²) in [6, 6.07) is 16.1. The van der Waals surface area contributed by atoms with Crippen LogP contribution in [0.2, 0.25) is 5.02 Å².